The molecule has 9 nitrogen and oxygen atoms in total. The summed E-state index contributed by atoms with van der Waals surface area (Å²) in [7, 11) is 0. The Hall–Kier alpha value is -4.72. The van der Waals surface area contributed by atoms with Gasteiger partial charge < -0.3 is 16.0 Å². The summed E-state index contributed by atoms with van der Waals surface area (Å²) in [6.07, 6.45) is -4.63. The monoisotopic (exact) mass is 694 g/mol. The van der Waals surface area contributed by atoms with Crippen molar-refractivity contribution in [3.8, 4) is 0 Å². The van der Waals surface area contributed by atoms with Crippen LogP contribution in [0.4, 0.5) is 22.0 Å². The second kappa shape index (κ2) is 16.4. The maximum Gasteiger partial charge on any atom is 0.405 e. The molecule has 0 spiro atoms. The van der Waals surface area contributed by atoms with Gasteiger partial charge in [-0.1, -0.05) is 74.0 Å². The zero-order chi connectivity index (χ0) is 35.6. The third kappa shape index (κ3) is 10.7. The zero-order valence-electron chi connectivity index (χ0n) is 25.7. The minimum Gasteiger partial charge on any atom is -0.341 e. The number of hydrogen-bond acceptors (Lipinski definition) is 6. The van der Waals surface area contributed by atoms with E-state index < -0.39 is 78.3 Å². The quantitative estimate of drug-likeness (QED) is 0.151. The Labute approximate surface area is 277 Å². The van der Waals surface area contributed by atoms with Gasteiger partial charge in [0, 0.05) is 30.0 Å². The van der Waals surface area contributed by atoms with E-state index in [2.05, 4.69) is 15.6 Å². The fourth-order valence-electron chi connectivity index (χ4n) is 4.68. The minimum atomic E-state index is -5.01. The first kappa shape index (κ1) is 37.7. The third-order valence-electron chi connectivity index (χ3n) is 7.20. The van der Waals surface area contributed by atoms with E-state index >= 15 is 0 Å². The summed E-state index contributed by atoms with van der Waals surface area (Å²) in [4.78, 5) is 69.3. The summed E-state index contributed by atoms with van der Waals surface area (Å²) >= 11 is 6.11. The number of benzene rings is 2. The van der Waals surface area contributed by atoms with E-state index in [-0.39, 0.29) is 17.7 Å². The van der Waals surface area contributed by atoms with Crippen molar-refractivity contribution >= 4 is 40.9 Å². The summed E-state index contributed by atoms with van der Waals surface area (Å²) in [5.41, 5.74) is 0.747. The van der Waals surface area contributed by atoms with E-state index in [0.717, 1.165) is 5.32 Å². The highest BCUT2D eigenvalue weighted by atomic mass is 35.5. The van der Waals surface area contributed by atoms with Gasteiger partial charge in [0.1, 0.15) is 24.3 Å². The van der Waals surface area contributed by atoms with Crippen molar-refractivity contribution in [3.63, 3.8) is 0 Å². The molecule has 0 radical (unpaired) electrons. The minimum absolute atomic E-state index is 0.00411. The molecule has 0 saturated heterocycles. The molecule has 15 heteroatoms. The lowest BCUT2D eigenvalue weighted by atomic mass is 9.82. The lowest BCUT2D eigenvalue weighted by Gasteiger charge is -2.27. The van der Waals surface area contributed by atoms with Crippen molar-refractivity contribution in [2.45, 2.75) is 50.9 Å². The number of carbonyl (C=O) groups is 5. The molecule has 3 amide bonds. The van der Waals surface area contributed by atoms with Gasteiger partial charge in [0.05, 0.1) is 0 Å². The molecule has 3 atom stereocenters. The van der Waals surface area contributed by atoms with Crippen molar-refractivity contribution in [2.75, 3.05) is 6.54 Å². The molecule has 3 rings (SSSR count). The Morgan fingerprint density at radius 3 is 2.10 bits per heavy atom. The summed E-state index contributed by atoms with van der Waals surface area (Å²) in [5.74, 6) is -14.7. The molecule has 0 bridgehead atoms. The van der Waals surface area contributed by atoms with Crippen molar-refractivity contribution in [1.82, 2.24) is 20.9 Å². The van der Waals surface area contributed by atoms with Crippen LogP contribution in [0, 0.1) is 11.8 Å². The number of hydrogen-bond donors (Lipinski definition) is 3. The van der Waals surface area contributed by atoms with E-state index in [4.69, 9.17) is 11.6 Å². The standard InChI is InChI=1S/C33H32ClF5N4O5/c1-19(2)23(28(45)33(38,39)31(48)41-18-32(35,36)37)17-26(44)27(21-10-4-3-5-11-21)43-30(47)25(16-20-9-8-12-22(34)15-20)42-29(46)24-13-6-7-14-40-24/h3-15,19,23,25,27H,16-18H2,1-2H3,(H,41,48)(H,42,46)(H,43,47)/t23-,25-,27-/m0/s1. The predicted octanol–water partition coefficient (Wildman–Crippen LogP) is 5.05. The fourth-order valence-corrected chi connectivity index (χ4v) is 4.89. The molecule has 0 unspecified atom stereocenters. The first-order chi connectivity index (χ1) is 22.5. The number of nitrogens with one attached hydrogen (secondary N) is 3. The van der Waals surface area contributed by atoms with Crippen LogP contribution in [0.2, 0.25) is 5.02 Å². The second-order valence-electron chi connectivity index (χ2n) is 11.2. The molecule has 2 aromatic carbocycles. The summed E-state index contributed by atoms with van der Waals surface area (Å²) < 4.78 is 67.2. The van der Waals surface area contributed by atoms with E-state index in [9.17, 15) is 45.9 Å². The maximum absolute atomic E-state index is 14.8. The van der Waals surface area contributed by atoms with Gasteiger partial charge in [-0.05, 0) is 41.3 Å². The number of rotatable bonds is 15. The number of halogens is 6. The molecule has 0 aliphatic heterocycles. The summed E-state index contributed by atoms with van der Waals surface area (Å²) in [5, 5.41) is 6.49. The Bertz CT molecular complexity index is 1610. The number of ketones is 2. The Morgan fingerprint density at radius 2 is 1.52 bits per heavy atom. The average molecular weight is 695 g/mol. The first-order valence-corrected chi connectivity index (χ1v) is 15.0. The Morgan fingerprint density at radius 1 is 0.854 bits per heavy atom. The van der Waals surface area contributed by atoms with Gasteiger partial charge in [0.25, 0.3) is 11.8 Å². The van der Waals surface area contributed by atoms with Crippen molar-refractivity contribution < 1.29 is 45.9 Å². The van der Waals surface area contributed by atoms with Crippen LogP contribution in [0.25, 0.3) is 0 Å². The maximum atomic E-state index is 14.8. The number of carbonyl (C=O) groups excluding carboxylic acids is 5. The molecule has 1 aromatic heterocycles. The van der Waals surface area contributed by atoms with Gasteiger partial charge in [0.15, 0.2) is 5.78 Å². The molecule has 0 aliphatic rings. The molecule has 256 valence electrons. The number of amides is 3. The van der Waals surface area contributed by atoms with Crippen molar-refractivity contribution in [2.24, 2.45) is 11.8 Å². The van der Waals surface area contributed by atoms with Gasteiger partial charge in [-0.25, -0.2) is 0 Å². The molecule has 3 N–H and O–H groups in total. The van der Waals surface area contributed by atoms with Crippen molar-refractivity contribution in [3.05, 3.63) is 101 Å². The van der Waals surface area contributed by atoms with Crippen LogP contribution in [0.15, 0.2) is 79.0 Å². The predicted molar refractivity (Wildman–Crippen MR) is 165 cm³/mol. The van der Waals surface area contributed by atoms with Crippen LogP contribution in [0.5, 0.6) is 0 Å². The van der Waals surface area contributed by atoms with Gasteiger partial charge >= 0.3 is 12.1 Å². The van der Waals surface area contributed by atoms with Crippen LogP contribution in [0.1, 0.15) is 47.9 Å². The molecule has 0 fully saturated rings. The van der Waals surface area contributed by atoms with E-state index in [1.165, 1.54) is 50.4 Å². The summed E-state index contributed by atoms with van der Waals surface area (Å²) in [6, 6.07) is 15.8. The second-order valence-corrected chi connectivity index (χ2v) is 11.6. The third-order valence-corrected chi connectivity index (χ3v) is 7.43. The molecule has 1 heterocycles. The highest BCUT2D eigenvalue weighted by Gasteiger charge is 2.52. The van der Waals surface area contributed by atoms with Crippen LogP contribution in [0.3, 0.4) is 0 Å². The summed E-state index contributed by atoms with van der Waals surface area (Å²) in [6.45, 7) is 0.558. The smallest absolute Gasteiger partial charge is 0.341 e. The van der Waals surface area contributed by atoms with E-state index in [0.29, 0.717) is 10.6 Å². The largest absolute Gasteiger partial charge is 0.405 e. The zero-order valence-corrected chi connectivity index (χ0v) is 26.4. The van der Waals surface area contributed by atoms with Gasteiger partial charge in [0.2, 0.25) is 11.7 Å². The van der Waals surface area contributed by atoms with Gasteiger partial charge in [-0.15, -0.1) is 0 Å². The number of pyridine rings is 1. The first-order valence-electron chi connectivity index (χ1n) is 14.6. The van der Waals surface area contributed by atoms with E-state index in [1.807, 2.05) is 0 Å². The average Bonchev–Trinajstić information content (AvgIpc) is 3.04. The highest BCUT2D eigenvalue weighted by Crippen LogP contribution is 2.30. The SMILES string of the molecule is CC(C)[C@H](CC(=O)[C@@H](NC(=O)[C@H](Cc1cccc(Cl)c1)NC(=O)c1ccccn1)c1ccccc1)C(=O)C(F)(F)C(=O)NCC(F)(F)F. The van der Waals surface area contributed by atoms with Crippen LogP contribution in [-0.4, -0.2) is 59.0 Å². The fraction of sp³-hybridized carbons (Fsp3) is 0.333. The van der Waals surface area contributed by atoms with Crippen LogP contribution >= 0.6 is 11.6 Å². The highest BCUT2D eigenvalue weighted by molar-refractivity contribution is 6.30. The van der Waals surface area contributed by atoms with Crippen LogP contribution < -0.4 is 16.0 Å². The van der Waals surface area contributed by atoms with Gasteiger partial charge in [-0.3, -0.25) is 29.0 Å². The number of Topliss-reactive ketones (excluding diaryl/α,β-unsaturated/α-hetero) is 2. The number of aromatic nitrogens is 1. The molecule has 3 aromatic rings. The number of alkyl halides is 5. The van der Waals surface area contributed by atoms with Gasteiger partial charge in [-0.2, -0.15) is 22.0 Å². The number of nitrogens with zero attached hydrogens (tertiary/aromatic N) is 1. The molecule has 48 heavy (non-hydrogen) atoms. The lowest BCUT2D eigenvalue weighted by molar-refractivity contribution is -0.167. The van der Waals surface area contributed by atoms with Crippen LogP contribution in [-0.2, 0) is 25.6 Å². The topological polar surface area (TPSA) is 134 Å². The van der Waals surface area contributed by atoms with Crippen molar-refractivity contribution in [1.29, 1.82) is 0 Å². The lowest BCUT2D eigenvalue weighted by Crippen LogP contribution is -2.52. The molecular formula is C33H32ClF5N4O5. The molecule has 0 aliphatic carbocycles. The Kier molecular flexibility index (Phi) is 12.9. The normalized spacial score (nSPS) is 13.6. The Balaban J connectivity index is 1.90. The van der Waals surface area contributed by atoms with E-state index in [1.54, 1.807) is 42.5 Å². The molecule has 0 saturated carbocycles. The molecular weight excluding hydrogens is 663 g/mol.